The van der Waals surface area contributed by atoms with E-state index in [1.54, 1.807) is 22.7 Å². The first-order valence-corrected chi connectivity index (χ1v) is 9.81. The Balaban J connectivity index is 1.48. The van der Waals surface area contributed by atoms with E-state index in [4.69, 9.17) is 9.26 Å². The first kappa shape index (κ1) is 17.0. The second-order valence-corrected chi connectivity index (χ2v) is 8.14. The first-order valence-electron chi connectivity index (χ1n) is 8.11. The number of carbonyl (C=O) groups excluding carboxylic acids is 1. The number of rotatable bonds is 5. The molecule has 3 aromatic heterocycles. The lowest BCUT2D eigenvalue weighted by molar-refractivity contribution is -0.123. The Morgan fingerprint density at radius 1 is 1.35 bits per heavy atom. The Labute approximate surface area is 157 Å². The van der Waals surface area contributed by atoms with E-state index in [1.165, 1.54) is 0 Å². The summed E-state index contributed by atoms with van der Waals surface area (Å²) in [5.74, 6) is 1.24. The predicted molar refractivity (Wildman–Crippen MR) is 103 cm³/mol. The van der Waals surface area contributed by atoms with Gasteiger partial charge in [0.1, 0.15) is 11.5 Å². The van der Waals surface area contributed by atoms with Gasteiger partial charge in [0.25, 0.3) is 5.91 Å². The molecule has 134 valence electrons. The van der Waals surface area contributed by atoms with E-state index < -0.39 is 0 Å². The van der Waals surface area contributed by atoms with Crippen LogP contribution in [0.25, 0.3) is 20.3 Å². The minimum atomic E-state index is -0.186. The normalized spacial score (nSPS) is 11.3. The number of hydrogen-bond acceptors (Lipinski definition) is 7. The Morgan fingerprint density at radius 2 is 2.19 bits per heavy atom. The number of fused-ring (bicyclic) bond motifs is 3. The van der Waals surface area contributed by atoms with Crippen LogP contribution in [0, 0.1) is 20.8 Å². The lowest BCUT2D eigenvalue weighted by Crippen LogP contribution is -2.28. The zero-order valence-electron chi connectivity index (χ0n) is 14.6. The molecule has 26 heavy (non-hydrogen) atoms. The highest BCUT2D eigenvalue weighted by Crippen LogP contribution is 2.38. The maximum atomic E-state index is 12.2. The molecule has 1 amide bonds. The number of aryl methyl sites for hydroxylation is 3. The molecule has 0 radical (unpaired) electrons. The molecule has 0 atom stereocenters. The van der Waals surface area contributed by atoms with Gasteiger partial charge in [0.05, 0.1) is 25.6 Å². The molecule has 3 heterocycles. The second kappa shape index (κ2) is 6.69. The van der Waals surface area contributed by atoms with Crippen molar-refractivity contribution in [1.29, 1.82) is 0 Å². The molecule has 1 N–H and O–H groups in total. The molecule has 0 saturated heterocycles. The van der Waals surface area contributed by atoms with Gasteiger partial charge in [-0.3, -0.25) is 4.79 Å². The topological polar surface area (TPSA) is 77.2 Å². The van der Waals surface area contributed by atoms with Gasteiger partial charge in [-0.15, -0.1) is 22.7 Å². The molecule has 6 nitrogen and oxygen atoms in total. The molecule has 4 aromatic rings. The molecule has 0 aliphatic rings. The number of thiazole rings is 1. The highest BCUT2D eigenvalue weighted by Gasteiger charge is 2.14. The molecule has 0 fully saturated rings. The third-order valence-electron chi connectivity index (χ3n) is 4.17. The average Bonchev–Trinajstić information content (AvgIpc) is 3.30. The lowest BCUT2D eigenvalue weighted by atomic mass is 10.2. The molecule has 0 saturated carbocycles. The van der Waals surface area contributed by atoms with Crippen molar-refractivity contribution >= 4 is 48.9 Å². The highest BCUT2D eigenvalue weighted by molar-refractivity contribution is 7.21. The molecule has 0 spiro atoms. The monoisotopic (exact) mass is 387 g/mol. The third kappa shape index (κ3) is 3.06. The molecule has 0 unspecified atom stereocenters. The fourth-order valence-corrected chi connectivity index (χ4v) is 4.67. The smallest absolute Gasteiger partial charge is 0.258 e. The van der Waals surface area contributed by atoms with E-state index >= 15 is 0 Å². The summed E-state index contributed by atoms with van der Waals surface area (Å²) in [7, 11) is 0. The van der Waals surface area contributed by atoms with Gasteiger partial charge < -0.3 is 14.6 Å². The molecule has 0 bridgehead atoms. The molecule has 8 heteroatoms. The largest absolute Gasteiger partial charge is 0.483 e. The van der Waals surface area contributed by atoms with E-state index in [9.17, 15) is 4.79 Å². The SMILES string of the molecule is Cc1nc2c(cc(OCC(=O)NCc3c(C)noc3C)c3ccsc32)s1. The van der Waals surface area contributed by atoms with Crippen LogP contribution < -0.4 is 10.1 Å². The van der Waals surface area contributed by atoms with Crippen LogP contribution in [0.15, 0.2) is 22.0 Å². The number of amides is 1. The number of hydrogen-bond donors (Lipinski definition) is 1. The second-order valence-electron chi connectivity index (χ2n) is 5.99. The van der Waals surface area contributed by atoms with Gasteiger partial charge in [-0.05, 0) is 32.2 Å². The summed E-state index contributed by atoms with van der Waals surface area (Å²) in [5.41, 5.74) is 2.70. The maximum absolute atomic E-state index is 12.2. The quantitative estimate of drug-likeness (QED) is 0.557. The lowest BCUT2D eigenvalue weighted by Gasteiger charge is -2.09. The summed E-state index contributed by atoms with van der Waals surface area (Å²) in [6.07, 6.45) is 0. The number of ether oxygens (including phenoxy) is 1. The van der Waals surface area contributed by atoms with Gasteiger partial charge >= 0.3 is 0 Å². The summed E-state index contributed by atoms with van der Waals surface area (Å²) < 4.78 is 13.1. The van der Waals surface area contributed by atoms with Crippen molar-refractivity contribution in [2.24, 2.45) is 0 Å². The zero-order chi connectivity index (χ0) is 18.3. The molecular formula is C18H17N3O3S2. The Bertz CT molecular complexity index is 1090. The maximum Gasteiger partial charge on any atom is 0.258 e. The van der Waals surface area contributed by atoms with Crippen molar-refractivity contribution < 1.29 is 14.1 Å². The standard InChI is InChI=1S/C18H17N3O3S2/c1-9-13(10(2)24-21-9)7-19-16(22)8-23-14-6-15-17(20-11(3)26-15)18-12(14)4-5-25-18/h4-6H,7-8H2,1-3H3,(H,19,22). The van der Waals surface area contributed by atoms with Crippen molar-refractivity contribution in [3.8, 4) is 5.75 Å². The number of benzene rings is 1. The Kier molecular flexibility index (Phi) is 4.37. The van der Waals surface area contributed by atoms with Crippen LogP contribution in [0.3, 0.4) is 0 Å². The molecule has 1 aromatic carbocycles. The first-order chi connectivity index (χ1) is 12.5. The summed E-state index contributed by atoms with van der Waals surface area (Å²) in [6, 6.07) is 3.97. The number of thiophene rings is 1. The van der Waals surface area contributed by atoms with Crippen LogP contribution in [-0.4, -0.2) is 22.7 Å². The van der Waals surface area contributed by atoms with Gasteiger partial charge in [0.15, 0.2) is 6.61 Å². The molecule has 4 rings (SSSR count). The zero-order valence-corrected chi connectivity index (χ0v) is 16.2. The van der Waals surface area contributed by atoms with E-state index in [1.807, 2.05) is 38.3 Å². The van der Waals surface area contributed by atoms with Gasteiger partial charge in [-0.25, -0.2) is 4.98 Å². The van der Waals surface area contributed by atoms with Crippen molar-refractivity contribution in [1.82, 2.24) is 15.5 Å². The van der Waals surface area contributed by atoms with E-state index in [2.05, 4.69) is 15.5 Å². The fourth-order valence-electron chi connectivity index (χ4n) is 2.84. The van der Waals surface area contributed by atoms with Crippen molar-refractivity contribution in [3.63, 3.8) is 0 Å². The van der Waals surface area contributed by atoms with Crippen LogP contribution in [0.4, 0.5) is 0 Å². The number of nitrogens with one attached hydrogen (secondary N) is 1. The van der Waals surface area contributed by atoms with Crippen LogP contribution >= 0.6 is 22.7 Å². The third-order valence-corrected chi connectivity index (χ3v) is 6.01. The van der Waals surface area contributed by atoms with E-state index in [0.29, 0.717) is 12.3 Å². The van der Waals surface area contributed by atoms with Gasteiger partial charge in [-0.2, -0.15) is 0 Å². The number of nitrogens with zero attached hydrogens (tertiary/aromatic N) is 2. The van der Waals surface area contributed by atoms with Crippen LogP contribution in [-0.2, 0) is 11.3 Å². The van der Waals surface area contributed by atoms with Crippen molar-refractivity contribution in [2.45, 2.75) is 27.3 Å². The van der Waals surface area contributed by atoms with E-state index in [0.717, 1.165) is 42.3 Å². The Hall–Kier alpha value is -2.45. The molecular weight excluding hydrogens is 370 g/mol. The van der Waals surface area contributed by atoms with Crippen molar-refractivity contribution in [3.05, 3.63) is 39.5 Å². The number of aromatic nitrogens is 2. The van der Waals surface area contributed by atoms with E-state index in [-0.39, 0.29) is 12.5 Å². The fraction of sp³-hybridized carbons (Fsp3) is 0.278. The number of carbonyl (C=O) groups is 1. The summed E-state index contributed by atoms with van der Waals surface area (Å²) >= 11 is 3.26. The summed E-state index contributed by atoms with van der Waals surface area (Å²) in [6.45, 7) is 6.01. The van der Waals surface area contributed by atoms with Gasteiger partial charge in [0.2, 0.25) is 0 Å². The highest BCUT2D eigenvalue weighted by atomic mass is 32.1. The van der Waals surface area contributed by atoms with Crippen LogP contribution in [0.5, 0.6) is 5.75 Å². The van der Waals surface area contributed by atoms with Crippen LogP contribution in [0.1, 0.15) is 22.0 Å². The van der Waals surface area contributed by atoms with Crippen LogP contribution in [0.2, 0.25) is 0 Å². The minimum Gasteiger partial charge on any atom is -0.483 e. The Morgan fingerprint density at radius 3 is 2.96 bits per heavy atom. The summed E-state index contributed by atoms with van der Waals surface area (Å²) in [5, 5.41) is 10.8. The van der Waals surface area contributed by atoms with Gasteiger partial charge in [-0.1, -0.05) is 5.16 Å². The average molecular weight is 387 g/mol. The predicted octanol–water partition coefficient (Wildman–Crippen LogP) is 4.12. The summed E-state index contributed by atoms with van der Waals surface area (Å²) in [4.78, 5) is 16.8. The minimum absolute atomic E-state index is 0.0440. The molecule has 0 aliphatic carbocycles. The molecule has 0 aliphatic heterocycles. The van der Waals surface area contributed by atoms with Crippen molar-refractivity contribution in [2.75, 3.05) is 6.61 Å². The van der Waals surface area contributed by atoms with Gasteiger partial charge in [0, 0.05) is 23.6 Å².